The molecule has 5 nitrogen and oxygen atoms in total. The van der Waals surface area contributed by atoms with Crippen LogP contribution in [-0.2, 0) is 4.79 Å². The summed E-state index contributed by atoms with van der Waals surface area (Å²) in [5.41, 5.74) is 2.34. The van der Waals surface area contributed by atoms with Crippen LogP contribution in [0.15, 0.2) is 40.9 Å². The molecule has 0 aromatic heterocycles. The maximum atomic E-state index is 12.3. The van der Waals surface area contributed by atoms with Crippen molar-refractivity contribution in [1.29, 1.82) is 0 Å². The number of hydrogen-bond donors (Lipinski definition) is 1. The lowest BCUT2D eigenvalue weighted by atomic mass is 9.93. The van der Waals surface area contributed by atoms with Gasteiger partial charge in [-0.15, -0.1) is 0 Å². The van der Waals surface area contributed by atoms with E-state index in [1.54, 1.807) is 24.3 Å². The summed E-state index contributed by atoms with van der Waals surface area (Å²) in [6, 6.07) is 10.8. The minimum Gasteiger partial charge on any atom is -0.489 e. The van der Waals surface area contributed by atoms with Crippen molar-refractivity contribution in [3.8, 4) is 11.5 Å². The van der Waals surface area contributed by atoms with Crippen LogP contribution in [0.2, 0.25) is 0 Å². The highest BCUT2D eigenvalue weighted by atomic mass is 79.9. The standard InChI is InChI=1S/C19H14BrNO4/c20-15-9-11(10-16-17(15)25-7-3-6-24-16)8-14-12-4-1-2-5-13(12)18(22)21-19(14)23/h1-2,4-5,8-10H,3,6-7H2,(H,21,22,23)/b14-8-. The average Bonchev–Trinajstić information content (AvgIpc) is 2.84. The Morgan fingerprint density at radius 1 is 1.00 bits per heavy atom. The Labute approximate surface area is 152 Å². The van der Waals surface area contributed by atoms with Crippen LogP contribution in [0.5, 0.6) is 11.5 Å². The minimum atomic E-state index is -0.410. The van der Waals surface area contributed by atoms with Gasteiger partial charge in [0.15, 0.2) is 11.5 Å². The highest BCUT2D eigenvalue weighted by Gasteiger charge is 2.27. The Morgan fingerprint density at radius 2 is 1.76 bits per heavy atom. The van der Waals surface area contributed by atoms with Crippen LogP contribution in [-0.4, -0.2) is 25.0 Å². The normalized spacial score (nSPS) is 17.7. The van der Waals surface area contributed by atoms with E-state index in [-0.39, 0.29) is 5.91 Å². The van der Waals surface area contributed by atoms with Crippen molar-refractivity contribution in [1.82, 2.24) is 5.32 Å². The highest BCUT2D eigenvalue weighted by molar-refractivity contribution is 9.10. The van der Waals surface area contributed by atoms with Crippen molar-refractivity contribution in [3.63, 3.8) is 0 Å². The number of benzene rings is 2. The molecule has 2 aliphatic rings. The van der Waals surface area contributed by atoms with Crippen LogP contribution in [0, 0.1) is 0 Å². The minimum absolute atomic E-state index is 0.377. The lowest BCUT2D eigenvalue weighted by Crippen LogP contribution is -2.36. The van der Waals surface area contributed by atoms with Gasteiger partial charge >= 0.3 is 0 Å². The van der Waals surface area contributed by atoms with Gasteiger partial charge < -0.3 is 9.47 Å². The fourth-order valence-corrected chi connectivity index (χ4v) is 3.49. The zero-order chi connectivity index (χ0) is 17.4. The fraction of sp³-hybridized carbons (Fsp3) is 0.158. The SMILES string of the molecule is O=C1NC(=O)c2ccccc2/C1=C/c1cc(Br)c2c(c1)OCCCO2. The maximum absolute atomic E-state index is 12.3. The lowest BCUT2D eigenvalue weighted by molar-refractivity contribution is -0.114. The summed E-state index contributed by atoms with van der Waals surface area (Å²) in [5, 5.41) is 2.38. The number of fused-ring (bicyclic) bond motifs is 2. The van der Waals surface area contributed by atoms with Crippen LogP contribution in [0.25, 0.3) is 11.6 Å². The molecule has 0 radical (unpaired) electrons. The van der Waals surface area contributed by atoms with E-state index >= 15 is 0 Å². The van der Waals surface area contributed by atoms with Crippen molar-refractivity contribution in [2.45, 2.75) is 6.42 Å². The lowest BCUT2D eigenvalue weighted by Gasteiger charge is -2.18. The second-order valence-electron chi connectivity index (χ2n) is 5.77. The van der Waals surface area contributed by atoms with Crippen LogP contribution in [0.4, 0.5) is 0 Å². The van der Waals surface area contributed by atoms with Gasteiger partial charge in [0.05, 0.1) is 17.7 Å². The molecule has 2 aromatic carbocycles. The first-order valence-corrected chi connectivity index (χ1v) is 8.69. The largest absolute Gasteiger partial charge is 0.489 e. The molecule has 2 heterocycles. The van der Waals surface area contributed by atoms with Gasteiger partial charge in [-0.25, -0.2) is 0 Å². The predicted molar refractivity (Wildman–Crippen MR) is 96.5 cm³/mol. The fourth-order valence-electron chi connectivity index (χ4n) is 2.92. The molecule has 0 aliphatic carbocycles. The third-order valence-electron chi connectivity index (χ3n) is 4.07. The van der Waals surface area contributed by atoms with Crippen molar-refractivity contribution in [3.05, 3.63) is 57.6 Å². The van der Waals surface area contributed by atoms with Gasteiger partial charge in [0.1, 0.15) is 0 Å². The smallest absolute Gasteiger partial charge is 0.258 e. The van der Waals surface area contributed by atoms with Gasteiger partial charge in [0.25, 0.3) is 11.8 Å². The van der Waals surface area contributed by atoms with Crippen LogP contribution in [0.1, 0.15) is 27.9 Å². The first kappa shape index (κ1) is 15.9. The Hall–Kier alpha value is -2.60. The number of carbonyl (C=O) groups is 2. The van der Waals surface area contributed by atoms with Crippen molar-refractivity contribution in [2.75, 3.05) is 13.2 Å². The molecule has 126 valence electrons. The monoisotopic (exact) mass is 399 g/mol. The Kier molecular flexibility index (Phi) is 4.05. The molecule has 1 N–H and O–H groups in total. The molecule has 0 unspecified atom stereocenters. The van der Waals surface area contributed by atoms with E-state index in [4.69, 9.17) is 9.47 Å². The molecule has 25 heavy (non-hydrogen) atoms. The number of hydrogen-bond acceptors (Lipinski definition) is 4. The Bertz CT molecular complexity index is 920. The van der Waals surface area contributed by atoms with Crippen LogP contribution < -0.4 is 14.8 Å². The van der Waals surface area contributed by atoms with Gasteiger partial charge in [-0.2, -0.15) is 0 Å². The van der Waals surface area contributed by atoms with Gasteiger partial charge in [0.2, 0.25) is 0 Å². The topological polar surface area (TPSA) is 64.6 Å². The molecule has 0 spiro atoms. The molecule has 2 aliphatic heterocycles. The molecule has 2 amide bonds. The summed E-state index contributed by atoms with van der Waals surface area (Å²) >= 11 is 3.50. The zero-order valence-electron chi connectivity index (χ0n) is 13.2. The van der Waals surface area contributed by atoms with E-state index < -0.39 is 5.91 Å². The summed E-state index contributed by atoms with van der Waals surface area (Å²) < 4.78 is 12.2. The summed E-state index contributed by atoms with van der Waals surface area (Å²) in [4.78, 5) is 24.3. The first-order valence-electron chi connectivity index (χ1n) is 7.89. The molecule has 0 bridgehead atoms. The molecule has 0 saturated carbocycles. The first-order chi connectivity index (χ1) is 12.1. The number of carbonyl (C=O) groups excluding carboxylic acids is 2. The molecular weight excluding hydrogens is 386 g/mol. The summed E-state index contributed by atoms with van der Waals surface area (Å²) in [5.74, 6) is 0.521. The van der Waals surface area contributed by atoms with Crippen molar-refractivity contribution in [2.24, 2.45) is 0 Å². The maximum Gasteiger partial charge on any atom is 0.258 e. The average molecular weight is 400 g/mol. The summed E-state index contributed by atoms with van der Waals surface area (Å²) in [6.45, 7) is 1.18. The number of amides is 2. The summed E-state index contributed by atoms with van der Waals surface area (Å²) in [6.07, 6.45) is 2.56. The molecular formula is C19H14BrNO4. The van der Waals surface area contributed by atoms with E-state index in [1.807, 2.05) is 18.2 Å². The third-order valence-corrected chi connectivity index (χ3v) is 4.66. The predicted octanol–water partition coefficient (Wildman–Crippen LogP) is 3.42. The second-order valence-corrected chi connectivity index (χ2v) is 6.62. The number of nitrogens with one attached hydrogen (secondary N) is 1. The molecule has 0 atom stereocenters. The summed E-state index contributed by atoms with van der Waals surface area (Å²) in [7, 11) is 0. The van der Waals surface area contributed by atoms with E-state index in [9.17, 15) is 9.59 Å². The molecule has 0 fully saturated rings. The van der Waals surface area contributed by atoms with Crippen molar-refractivity contribution >= 4 is 39.4 Å². The number of ether oxygens (including phenoxy) is 2. The van der Waals surface area contributed by atoms with Crippen LogP contribution in [0.3, 0.4) is 0 Å². The van der Waals surface area contributed by atoms with Gasteiger partial charge in [-0.1, -0.05) is 18.2 Å². The van der Waals surface area contributed by atoms with Crippen LogP contribution >= 0.6 is 15.9 Å². The van der Waals surface area contributed by atoms with E-state index in [2.05, 4.69) is 21.2 Å². The number of halogens is 1. The second kappa shape index (κ2) is 6.37. The number of rotatable bonds is 1. The third kappa shape index (κ3) is 2.93. The molecule has 0 saturated heterocycles. The zero-order valence-corrected chi connectivity index (χ0v) is 14.8. The van der Waals surface area contributed by atoms with Gasteiger partial charge in [-0.05, 0) is 51.3 Å². The van der Waals surface area contributed by atoms with Gasteiger partial charge in [0, 0.05) is 17.6 Å². The number of imide groups is 1. The quantitative estimate of drug-likeness (QED) is 0.589. The van der Waals surface area contributed by atoms with Crippen molar-refractivity contribution < 1.29 is 19.1 Å². The molecule has 4 rings (SSSR count). The Morgan fingerprint density at radius 3 is 2.60 bits per heavy atom. The molecule has 6 heteroatoms. The molecule has 2 aromatic rings. The van der Waals surface area contributed by atoms with Gasteiger partial charge in [-0.3, -0.25) is 14.9 Å². The highest BCUT2D eigenvalue weighted by Crippen LogP contribution is 2.39. The van der Waals surface area contributed by atoms with E-state index in [1.165, 1.54) is 0 Å². The van der Waals surface area contributed by atoms with E-state index in [0.29, 0.717) is 41.4 Å². The Balaban J connectivity index is 1.82. The van der Waals surface area contributed by atoms with E-state index in [0.717, 1.165) is 16.5 Å².